The molecule has 6 radical (unpaired) electrons. The summed E-state index contributed by atoms with van der Waals surface area (Å²) in [6, 6.07) is 58.4. The van der Waals surface area contributed by atoms with Crippen molar-refractivity contribution in [3.63, 3.8) is 0 Å². The molecule has 1 aliphatic carbocycles. The molecule has 6 aromatic carbocycles. The summed E-state index contributed by atoms with van der Waals surface area (Å²) < 4.78 is 66.1. The Morgan fingerprint density at radius 1 is 0.569 bits per heavy atom. The van der Waals surface area contributed by atoms with Gasteiger partial charge in [0.2, 0.25) is 0 Å². The molecule has 0 aromatic heterocycles. The van der Waals surface area contributed by atoms with Crippen LogP contribution in [0.15, 0.2) is 196 Å². The maximum Gasteiger partial charge on any atom is 2.00 e. The van der Waals surface area contributed by atoms with Crippen LogP contribution in [0, 0.1) is 55.9 Å². The fraction of sp³-hybridized carbons (Fsp3) is 0.224. The van der Waals surface area contributed by atoms with Crippen molar-refractivity contribution < 1.29 is 51.8 Å². The molecule has 1 N–H and O–H groups in total. The van der Waals surface area contributed by atoms with Crippen LogP contribution in [0.1, 0.15) is 59.6 Å². The molecule has 378 valence electrons. The monoisotopic (exact) mass is 1130 g/mol. The maximum absolute atomic E-state index is 15.4. The number of aliphatic hydroxyl groups is 1. The fourth-order valence-corrected chi connectivity index (χ4v) is 23.7. The fourth-order valence-electron chi connectivity index (χ4n) is 8.09. The van der Waals surface area contributed by atoms with E-state index in [2.05, 4.69) is 52.5 Å². The van der Waals surface area contributed by atoms with Crippen LogP contribution in [-0.2, 0) is 52.3 Å². The van der Waals surface area contributed by atoms with Crippen LogP contribution < -0.4 is 21.2 Å². The van der Waals surface area contributed by atoms with Gasteiger partial charge in [0.15, 0.2) is 0 Å². The molecule has 1 aliphatic rings. The maximum atomic E-state index is 15.4. The third kappa shape index (κ3) is 14.4. The van der Waals surface area contributed by atoms with Gasteiger partial charge in [-0.15, -0.1) is 10.4 Å². The predicted molar refractivity (Wildman–Crippen MR) is 296 cm³/mol. The Kier molecular flexibility index (Phi) is 23.2. The molecular formula is C58H66N2O7P4Ru. The topological polar surface area (TPSA) is 116 Å². The summed E-state index contributed by atoms with van der Waals surface area (Å²) in [5.74, 6) is 3.41. The SMILES string of the molecule is CCOP(=O)(N=P(/C(=C/[CH-]C(O)(c1ccccc1)c1ccccc1)P(=NP(=O)(OCC)OCC)(c1ccccc1)c1ccccc1)(c1[c-]cccc1)c1ccccc1)OCC.C[C]1[CH][CH][C](C(C)C)[CH][CH]1.[Ru+2]. The molecule has 7 rings (SSSR count). The van der Waals surface area contributed by atoms with E-state index in [1.807, 2.05) is 176 Å². The van der Waals surface area contributed by atoms with Gasteiger partial charge in [-0.25, -0.2) is 24.2 Å². The van der Waals surface area contributed by atoms with Crippen LogP contribution in [0.5, 0.6) is 0 Å². The van der Waals surface area contributed by atoms with Crippen molar-refractivity contribution in [2.24, 2.45) is 14.9 Å². The number of benzene rings is 6. The molecule has 1 saturated carbocycles. The Labute approximate surface area is 443 Å². The zero-order valence-corrected chi connectivity index (χ0v) is 47.4. The third-order valence-electron chi connectivity index (χ3n) is 11.4. The van der Waals surface area contributed by atoms with Crippen LogP contribution in [-0.4, -0.2) is 31.5 Å². The second-order valence-electron chi connectivity index (χ2n) is 16.6. The molecule has 1 fully saturated rings. The largest absolute Gasteiger partial charge is 2.00 e. The molecule has 0 spiro atoms. The average molecular weight is 1130 g/mol. The van der Waals surface area contributed by atoms with E-state index in [0.29, 0.717) is 43.3 Å². The minimum absolute atomic E-state index is 0. The Morgan fingerprint density at radius 3 is 1.29 bits per heavy atom. The van der Waals surface area contributed by atoms with Crippen LogP contribution in [0.3, 0.4) is 0 Å². The summed E-state index contributed by atoms with van der Waals surface area (Å²) in [7, 11) is -16.3. The van der Waals surface area contributed by atoms with Crippen molar-refractivity contribution in [2.75, 3.05) is 26.4 Å². The number of hydrogen-bond acceptors (Lipinski definition) is 7. The van der Waals surface area contributed by atoms with Crippen molar-refractivity contribution in [3.05, 3.63) is 248 Å². The summed E-state index contributed by atoms with van der Waals surface area (Å²) in [5, 5.41) is 16.3. The average Bonchev–Trinajstić information content (AvgIpc) is 3.40. The van der Waals surface area contributed by atoms with Gasteiger partial charge in [0.25, 0.3) is 0 Å². The van der Waals surface area contributed by atoms with Gasteiger partial charge in [-0.2, -0.15) is 36.8 Å². The first-order valence-corrected chi connectivity index (χ1v) is 30.5. The van der Waals surface area contributed by atoms with Crippen LogP contribution in [0.2, 0.25) is 0 Å². The van der Waals surface area contributed by atoms with E-state index in [1.165, 1.54) is 11.8 Å². The quantitative estimate of drug-likeness (QED) is 0.0433. The van der Waals surface area contributed by atoms with Crippen molar-refractivity contribution in [1.82, 2.24) is 0 Å². The standard InChI is InChI=1S/C48H52N2O7P4.C10H14.Ru/c1-5-54-60(52,55-6-2)49-58(43-31-19-11-20-32-43,44-33-21-12-22-34-44)47(39-40-48(51,41-27-15-9-16-28-41)42-29-17-10-18-30-42)59(45-35-23-13-24-36-45,46-37-25-14-26-38-46)50-61(53,56-7-3)57-8-4;1-8(2)10-6-4-9(3)5-7-10;/h9-37,39-40,51H,5-8H2,1-4H3;4-8H,1-3H3;/q-2;;+2/b47-39+;;. The van der Waals surface area contributed by atoms with E-state index in [-0.39, 0.29) is 45.9 Å². The van der Waals surface area contributed by atoms with E-state index in [4.69, 9.17) is 27.1 Å². The first-order valence-electron chi connectivity index (χ1n) is 24.0. The summed E-state index contributed by atoms with van der Waals surface area (Å²) in [6.45, 7) is 13.7. The van der Waals surface area contributed by atoms with E-state index >= 15 is 9.13 Å². The van der Waals surface area contributed by atoms with E-state index in [9.17, 15) is 5.11 Å². The van der Waals surface area contributed by atoms with Gasteiger partial charge in [-0.1, -0.05) is 172 Å². The van der Waals surface area contributed by atoms with Crippen LogP contribution in [0.4, 0.5) is 0 Å². The zero-order valence-electron chi connectivity index (χ0n) is 42.0. The van der Waals surface area contributed by atoms with Gasteiger partial charge in [0, 0.05) is 0 Å². The Hall–Kier alpha value is -3.73. The Balaban J connectivity index is 0.000000780. The van der Waals surface area contributed by atoms with Gasteiger partial charge in [0.1, 0.15) is 0 Å². The molecule has 1 atom stereocenters. The normalized spacial score (nSPS) is 14.8. The summed E-state index contributed by atoms with van der Waals surface area (Å²) in [6.07, 6.45) is 12.3. The van der Waals surface area contributed by atoms with Crippen molar-refractivity contribution >= 4 is 50.8 Å². The van der Waals surface area contributed by atoms with E-state index in [1.54, 1.807) is 40.2 Å². The van der Waals surface area contributed by atoms with Crippen LogP contribution in [0.25, 0.3) is 0 Å². The third-order valence-corrected chi connectivity index (χ3v) is 25.1. The van der Waals surface area contributed by atoms with Gasteiger partial charge >= 0.3 is 35.0 Å². The number of hydrogen-bond donors (Lipinski definition) is 1. The van der Waals surface area contributed by atoms with Crippen molar-refractivity contribution in [3.8, 4) is 0 Å². The van der Waals surface area contributed by atoms with Crippen molar-refractivity contribution in [2.45, 2.75) is 54.1 Å². The van der Waals surface area contributed by atoms with Crippen LogP contribution >= 0.6 is 29.6 Å². The van der Waals surface area contributed by atoms with Gasteiger partial charge in [0.05, 0.1) is 32.0 Å². The molecule has 9 nitrogen and oxygen atoms in total. The predicted octanol–water partition coefficient (Wildman–Crippen LogP) is 14.5. The van der Waals surface area contributed by atoms with E-state index in [0.717, 1.165) is 0 Å². The molecule has 6 aromatic rings. The summed E-state index contributed by atoms with van der Waals surface area (Å²) >= 11 is 0. The number of nitrogens with zero attached hydrogens (tertiary/aromatic N) is 2. The zero-order chi connectivity index (χ0) is 50.8. The first-order chi connectivity index (χ1) is 34.3. The second kappa shape index (κ2) is 28.2. The minimum atomic E-state index is -4.35. The molecular weight excluding hydrogens is 1060 g/mol. The Bertz CT molecular complexity index is 2500. The molecule has 0 bridgehead atoms. The summed E-state index contributed by atoms with van der Waals surface area (Å²) in [4.78, 5) is 0. The molecule has 0 heterocycles. The smallest absolute Gasteiger partial charge is 0.394 e. The Morgan fingerprint density at radius 2 is 0.931 bits per heavy atom. The summed E-state index contributed by atoms with van der Waals surface area (Å²) in [5.41, 5.74) is -0.559. The van der Waals surface area contributed by atoms with E-state index < -0.39 is 35.2 Å². The molecule has 0 aliphatic heterocycles. The molecule has 14 heteroatoms. The second-order valence-corrected chi connectivity index (χ2v) is 26.8. The molecule has 72 heavy (non-hydrogen) atoms. The first kappa shape index (κ1) is 59.2. The molecule has 0 saturated heterocycles. The van der Waals surface area contributed by atoms with Gasteiger partial charge < -0.3 is 5.11 Å². The van der Waals surface area contributed by atoms with Gasteiger partial charge in [-0.3, -0.25) is 18.1 Å². The molecule has 0 amide bonds. The van der Waals surface area contributed by atoms with Gasteiger partial charge in [-0.05, 0) is 112 Å². The molecule has 1 unspecified atom stereocenters. The minimum Gasteiger partial charge on any atom is -0.394 e. The number of rotatable bonds is 21. The van der Waals surface area contributed by atoms with Crippen molar-refractivity contribution in [1.29, 1.82) is 0 Å².